The molecule has 2 bridgehead atoms. The predicted molar refractivity (Wildman–Crippen MR) is 130 cm³/mol. The third kappa shape index (κ3) is 4.73. The second-order valence-corrected chi connectivity index (χ2v) is 9.06. The molecule has 2 fully saturated rings. The zero-order valence-electron chi connectivity index (χ0n) is 18.9. The van der Waals surface area contributed by atoms with Gasteiger partial charge in [-0.1, -0.05) is 36.4 Å². The molecule has 3 N–H and O–H groups in total. The van der Waals surface area contributed by atoms with Gasteiger partial charge in [-0.05, 0) is 61.6 Å². The van der Waals surface area contributed by atoms with E-state index in [1.165, 1.54) is 6.07 Å². The van der Waals surface area contributed by atoms with Crippen LogP contribution in [-0.2, 0) is 6.54 Å². The molecule has 2 aliphatic heterocycles. The highest BCUT2D eigenvalue weighted by atomic mass is 16.3. The molecule has 2 amide bonds. The van der Waals surface area contributed by atoms with Gasteiger partial charge in [-0.15, -0.1) is 0 Å². The Balaban J connectivity index is 1.19. The Morgan fingerprint density at radius 3 is 2.35 bits per heavy atom. The van der Waals surface area contributed by atoms with E-state index in [0.29, 0.717) is 29.8 Å². The zero-order valence-corrected chi connectivity index (χ0v) is 18.9. The number of carbonyl (C=O) groups excluding carboxylic acids is 2. The van der Waals surface area contributed by atoms with Crippen LogP contribution in [0, 0.1) is 0 Å². The van der Waals surface area contributed by atoms with Gasteiger partial charge in [-0.3, -0.25) is 9.59 Å². The fourth-order valence-electron chi connectivity index (χ4n) is 5.14. The average Bonchev–Trinajstić information content (AvgIpc) is 3.13. The number of phenolic OH excluding ortho intramolecular Hbond substituents is 1. The van der Waals surface area contributed by atoms with E-state index < -0.39 is 0 Å². The molecule has 7 heteroatoms. The molecule has 7 nitrogen and oxygen atoms in total. The topological polar surface area (TPSA) is 94.6 Å². The number of aromatic hydroxyl groups is 1. The fourth-order valence-corrected chi connectivity index (χ4v) is 5.14. The average molecular weight is 457 g/mol. The first-order chi connectivity index (χ1) is 16.6. The molecular formula is C27H28N4O3. The Hall–Kier alpha value is -3.87. The van der Waals surface area contributed by atoms with Crippen LogP contribution in [0.2, 0.25) is 0 Å². The number of nitrogens with zero attached hydrogens (tertiary/aromatic N) is 2. The monoisotopic (exact) mass is 456 g/mol. The standard InChI is InChI=1S/C27H28N4O3/c32-24-8-4-7-19(13-24)27(34)30-21-14-22-10-11-23(15-21)31(22)25-12-9-20(17-28-25)26(33)29-16-18-5-2-1-3-6-18/h1-9,12-13,17,21-23,32H,10-11,14-16H2,(H,29,33)(H,30,34). The lowest BCUT2D eigenvalue weighted by Gasteiger charge is -2.40. The van der Waals surface area contributed by atoms with Gasteiger partial charge in [0.15, 0.2) is 0 Å². The summed E-state index contributed by atoms with van der Waals surface area (Å²) in [7, 11) is 0. The van der Waals surface area contributed by atoms with Crippen LogP contribution in [0.15, 0.2) is 72.9 Å². The Morgan fingerprint density at radius 2 is 1.68 bits per heavy atom. The van der Waals surface area contributed by atoms with Crippen LogP contribution in [0.5, 0.6) is 5.75 Å². The maximum Gasteiger partial charge on any atom is 0.253 e. The van der Waals surface area contributed by atoms with E-state index >= 15 is 0 Å². The molecule has 174 valence electrons. The van der Waals surface area contributed by atoms with Crippen LogP contribution < -0.4 is 15.5 Å². The highest BCUT2D eigenvalue weighted by Crippen LogP contribution is 2.38. The number of aromatic nitrogens is 1. The third-order valence-electron chi connectivity index (χ3n) is 6.75. The van der Waals surface area contributed by atoms with E-state index in [0.717, 1.165) is 37.1 Å². The van der Waals surface area contributed by atoms with E-state index in [4.69, 9.17) is 0 Å². The number of nitrogens with one attached hydrogen (secondary N) is 2. The molecule has 3 aromatic rings. The first kappa shape index (κ1) is 21.9. The second-order valence-electron chi connectivity index (χ2n) is 9.06. The number of piperidine rings is 1. The summed E-state index contributed by atoms with van der Waals surface area (Å²) in [5.41, 5.74) is 2.06. The molecule has 5 rings (SSSR count). The van der Waals surface area contributed by atoms with Crippen molar-refractivity contribution in [3.8, 4) is 5.75 Å². The molecule has 2 atom stereocenters. The highest BCUT2D eigenvalue weighted by Gasteiger charge is 2.41. The van der Waals surface area contributed by atoms with E-state index in [2.05, 4.69) is 20.5 Å². The zero-order chi connectivity index (χ0) is 23.5. The Kier molecular flexibility index (Phi) is 6.16. The second kappa shape index (κ2) is 9.55. The lowest BCUT2D eigenvalue weighted by atomic mass is 9.96. The van der Waals surface area contributed by atoms with Gasteiger partial charge in [0.05, 0.1) is 5.56 Å². The van der Waals surface area contributed by atoms with Gasteiger partial charge in [0.25, 0.3) is 11.8 Å². The number of phenols is 1. The van der Waals surface area contributed by atoms with Gasteiger partial charge in [-0.25, -0.2) is 4.98 Å². The SMILES string of the molecule is O=C(NCc1ccccc1)c1ccc(N2C3CCC2CC(NC(=O)c2cccc(O)c2)C3)nc1. The van der Waals surface area contributed by atoms with E-state index in [-0.39, 0.29) is 23.6 Å². The summed E-state index contributed by atoms with van der Waals surface area (Å²) in [6.07, 6.45) is 5.46. The number of pyridine rings is 1. The van der Waals surface area contributed by atoms with Crippen molar-refractivity contribution in [1.29, 1.82) is 0 Å². The van der Waals surface area contributed by atoms with Gasteiger partial charge in [0.1, 0.15) is 11.6 Å². The van der Waals surface area contributed by atoms with Gasteiger partial charge in [0, 0.05) is 36.4 Å². The van der Waals surface area contributed by atoms with Crippen molar-refractivity contribution in [1.82, 2.24) is 15.6 Å². The maximum absolute atomic E-state index is 12.6. The molecule has 0 radical (unpaired) electrons. The summed E-state index contributed by atoms with van der Waals surface area (Å²) in [6, 6.07) is 20.7. The van der Waals surface area contributed by atoms with Crippen molar-refractivity contribution in [3.05, 3.63) is 89.6 Å². The van der Waals surface area contributed by atoms with Crippen molar-refractivity contribution in [2.45, 2.75) is 50.4 Å². The Morgan fingerprint density at radius 1 is 0.912 bits per heavy atom. The molecule has 3 heterocycles. The third-order valence-corrected chi connectivity index (χ3v) is 6.75. The fraction of sp³-hybridized carbons (Fsp3) is 0.296. The number of benzene rings is 2. The molecule has 2 saturated heterocycles. The molecule has 0 spiro atoms. The summed E-state index contributed by atoms with van der Waals surface area (Å²) in [5, 5.41) is 15.7. The van der Waals surface area contributed by atoms with Crippen molar-refractivity contribution in [2.24, 2.45) is 0 Å². The van der Waals surface area contributed by atoms with Crippen molar-refractivity contribution < 1.29 is 14.7 Å². The first-order valence-electron chi connectivity index (χ1n) is 11.7. The molecule has 2 aliphatic rings. The summed E-state index contributed by atoms with van der Waals surface area (Å²) in [4.78, 5) is 32.1. The number of carbonyl (C=O) groups is 2. The molecule has 34 heavy (non-hydrogen) atoms. The summed E-state index contributed by atoms with van der Waals surface area (Å²) < 4.78 is 0. The van der Waals surface area contributed by atoms with Gasteiger partial charge in [-0.2, -0.15) is 0 Å². The molecule has 2 aromatic carbocycles. The van der Waals surface area contributed by atoms with Gasteiger partial charge >= 0.3 is 0 Å². The normalized spacial score (nSPS) is 21.2. The lowest BCUT2D eigenvalue weighted by molar-refractivity contribution is 0.0924. The molecule has 0 aliphatic carbocycles. The Labute approximate surface area is 198 Å². The molecule has 2 unspecified atom stereocenters. The van der Waals surface area contributed by atoms with Crippen LogP contribution >= 0.6 is 0 Å². The minimum atomic E-state index is -0.155. The van der Waals surface area contributed by atoms with Crippen LogP contribution in [0.3, 0.4) is 0 Å². The Bertz CT molecular complexity index is 1150. The summed E-state index contributed by atoms with van der Waals surface area (Å²) >= 11 is 0. The van der Waals surface area contributed by atoms with Crippen molar-refractivity contribution >= 4 is 17.6 Å². The van der Waals surface area contributed by atoms with Crippen molar-refractivity contribution in [2.75, 3.05) is 4.90 Å². The highest BCUT2D eigenvalue weighted by molar-refractivity contribution is 5.95. The van der Waals surface area contributed by atoms with E-state index in [1.807, 2.05) is 42.5 Å². The molecule has 1 aromatic heterocycles. The van der Waals surface area contributed by atoms with Crippen LogP contribution in [0.1, 0.15) is 52.0 Å². The summed E-state index contributed by atoms with van der Waals surface area (Å²) in [6.45, 7) is 0.480. The number of amides is 2. The molecule has 0 saturated carbocycles. The smallest absolute Gasteiger partial charge is 0.253 e. The number of anilines is 1. The number of hydrogen-bond acceptors (Lipinski definition) is 5. The van der Waals surface area contributed by atoms with E-state index in [1.54, 1.807) is 24.4 Å². The van der Waals surface area contributed by atoms with Gasteiger partial charge < -0.3 is 20.6 Å². The lowest BCUT2D eigenvalue weighted by Crippen LogP contribution is -2.50. The van der Waals surface area contributed by atoms with E-state index in [9.17, 15) is 14.7 Å². The van der Waals surface area contributed by atoms with Gasteiger partial charge in [0.2, 0.25) is 0 Å². The largest absolute Gasteiger partial charge is 0.508 e. The van der Waals surface area contributed by atoms with Crippen LogP contribution in [-0.4, -0.2) is 40.0 Å². The number of hydrogen-bond donors (Lipinski definition) is 3. The van der Waals surface area contributed by atoms with Crippen molar-refractivity contribution in [3.63, 3.8) is 0 Å². The maximum atomic E-state index is 12.6. The number of rotatable bonds is 6. The summed E-state index contributed by atoms with van der Waals surface area (Å²) in [5.74, 6) is 0.674. The quantitative estimate of drug-likeness (QED) is 0.526. The minimum absolute atomic E-state index is 0.0887. The minimum Gasteiger partial charge on any atom is -0.508 e. The van der Waals surface area contributed by atoms with Crippen LogP contribution in [0.25, 0.3) is 0 Å². The first-order valence-corrected chi connectivity index (χ1v) is 11.7. The number of fused-ring (bicyclic) bond motifs is 2. The predicted octanol–water partition coefficient (Wildman–Crippen LogP) is 3.65. The van der Waals surface area contributed by atoms with Crippen LogP contribution in [0.4, 0.5) is 5.82 Å². The molecular weight excluding hydrogens is 428 g/mol.